The molecule has 3 atom stereocenters. The van der Waals surface area contributed by atoms with Gasteiger partial charge >= 0.3 is 0 Å². The third kappa shape index (κ3) is 2.03. The minimum absolute atomic E-state index is 0.356. The summed E-state index contributed by atoms with van der Waals surface area (Å²) in [7, 11) is 0. The summed E-state index contributed by atoms with van der Waals surface area (Å²) in [4.78, 5) is 0. The summed E-state index contributed by atoms with van der Waals surface area (Å²) in [5, 5.41) is 4.56. The van der Waals surface area contributed by atoms with Crippen LogP contribution in [0.1, 0.15) is 40.0 Å². The fourth-order valence-corrected chi connectivity index (χ4v) is 4.99. The van der Waals surface area contributed by atoms with Crippen LogP contribution in [0, 0.1) is 16.7 Å². The zero-order chi connectivity index (χ0) is 13.8. The van der Waals surface area contributed by atoms with Crippen molar-refractivity contribution in [3.8, 4) is 0 Å². The Labute approximate surface area is 129 Å². The summed E-state index contributed by atoms with van der Waals surface area (Å²) in [6.07, 6.45) is 4.09. The maximum Gasteiger partial charge on any atom is 0.0593 e. The maximum absolute atomic E-state index is 6.20. The maximum atomic E-state index is 6.20. The lowest BCUT2D eigenvalue weighted by molar-refractivity contribution is 0.155. The second kappa shape index (κ2) is 4.39. The fourth-order valence-electron chi connectivity index (χ4n) is 4.43. The van der Waals surface area contributed by atoms with Crippen LogP contribution in [0.2, 0.25) is 5.02 Å². The molecule has 2 bridgehead atoms. The number of hydrogen-bond acceptors (Lipinski definition) is 1. The number of nitrogens with one attached hydrogen (secondary N) is 1. The van der Waals surface area contributed by atoms with Crippen molar-refractivity contribution in [2.45, 2.75) is 46.1 Å². The molecule has 1 unspecified atom stereocenters. The minimum Gasteiger partial charge on any atom is -0.380 e. The lowest BCUT2D eigenvalue weighted by Crippen LogP contribution is -2.45. The zero-order valence-electron chi connectivity index (χ0n) is 11.8. The van der Waals surface area contributed by atoms with E-state index in [1.54, 1.807) is 0 Å². The van der Waals surface area contributed by atoms with Crippen LogP contribution in [0.25, 0.3) is 0 Å². The molecule has 3 rings (SSSR count). The van der Waals surface area contributed by atoms with E-state index < -0.39 is 0 Å². The summed E-state index contributed by atoms with van der Waals surface area (Å²) in [6, 6.07) is 6.57. The van der Waals surface area contributed by atoms with Crippen molar-refractivity contribution >= 4 is 33.2 Å². The summed E-state index contributed by atoms with van der Waals surface area (Å²) >= 11 is 9.80. The Morgan fingerprint density at radius 1 is 1.32 bits per heavy atom. The largest absolute Gasteiger partial charge is 0.380 e. The molecule has 104 valence electrons. The smallest absolute Gasteiger partial charge is 0.0593 e. The summed E-state index contributed by atoms with van der Waals surface area (Å²) in [5.74, 6) is 0.855. The molecular formula is C16H21BrClN. The van der Waals surface area contributed by atoms with Crippen molar-refractivity contribution in [1.29, 1.82) is 0 Å². The van der Waals surface area contributed by atoms with E-state index in [1.165, 1.54) is 19.3 Å². The van der Waals surface area contributed by atoms with Gasteiger partial charge in [0.05, 0.1) is 15.2 Å². The third-order valence-electron chi connectivity index (χ3n) is 5.52. The SMILES string of the molecule is CC1(C)C(Nc2cccc(Cl)c2Br)[C@]2(C)CC[C@H]1C2. The molecule has 0 amide bonds. The average molecular weight is 343 g/mol. The topological polar surface area (TPSA) is 12.0 Å². The van der Waals surface area contributed by atoms with Crippen LogP contribution in [0.15, 0.2) is 22.7 Å². The van der Waals surface area contributed by atoms with Gasteiger partial charge in [0, 0.05) is 6.04 Å². The molecular weight excluding hydrogens is 322 g/mol. The molecule has 2 aliphatic rings. The van der Waals surface area contributed by atoms with E-state index in [1.807, 2.05) is 12.1 Å². The van der Waals surface area contributed by atoms with Crippen molar-refractivity contribution < 1.29 is 0 Å². The molecule has 0 aliphatic heterocycles. The molecule has 3 heteroatoms. The first-order valence-corrected chi connectivity index (χ1v) is 8.22. The van der Waals surface area contributed by atoms with Gasteiger partial charge in [-0.2, -0.15) is 0 Å². The number of benzene rings is 1. The Balaban J connectivity index is 1.93. The molecule has 0 saturated heterocycles. The standard InChI is InChI=1S/C16H21BrClN/c1-15(2)10-7-8-16(3,9-10)14(15)19-12-6-4-5-11(18)13(12)17/h4-6,10,14,19H,7-9H2,1-3H3/t10-,14?,16+/m0/s1. The average Bonchev–Trinajstić information content (AvgIpc) is 2.81. The number of hydrogen-bond donors (Lipinski definition) is 1. The van der Waals surface area contributed by atoms with Crippen molar-refractivity contribution in [3.05, 3.63) is 27.7 Å². The quantitative estimate of drug-likeness (QED) is 0.723. The van der Waals surface area contributed by atoms with E-state index >= 15 is 0 Å². The van der Waals surface area contributed by atoms with Gasteiger partial charge < -0.3 is 5.32 Å². The molecule has 1 aromatic rings. The van der Waals surface area contributed by atoms with Crippen molar-refractivity contribution in [3.63, 3.8) is 0 Å². The number of anilines is 1. The number of halogens is 2. The van der Waals surface area contributed by atoms with Gasteiger partial charge in [-0.3, -0.25) is 0 Å². The number of fused-ring (bicyclic) bond motifs is 2. The van der Waals surface area contributed by atoms with E-state index in [0.717, 1.165) is 21.1 Å². The third-order valence-corrected chi connectivity index (χ3v) is 6.92. The van der Waals surface area contributed by atoms with Crippen LogP contribution in [-0.2, 0) is 0 Å². The monoisotopic (exact) mass is 341 g/mol. The highest BCUT2D eigenvalue weighted by Gasteiger charge is 2.59. The highest BCUT2D eigenvalue weighted by Crippen LogP contribution is 2.63. The Hall–Kier alpha value is -0.210. The highest BCUT2D eigenvalue weighted by molar-refractivity contribution is 9.10. The van der Waals surface area contributed by atoms with Crippen molar-refractivity contribution in [1.82, 2.24) is 0 Å². The molecule has 2 saturated carbocycles. The predicted molar refractivity (Wildman–Crippen MR) is 85.8 cm³/mol. The Kier molecular flexibility index (Phi) is 3.18. The van der Waals surface area contributed by atoms with Gasteiger partial charge in [-0.05, 0) is 64.1 Å². The van der Waals surface area contributed by atoms with Crippen LogP contribution >= 0.6 is 27.5 Å². The van der Waals surface area contributed by atoms with Gasteiger partial charge in [0.2, 0.25) is 0 Å². The van der Waals surface area contributed by atoms with Gasteiger partial charge in [0.25, 0.3) is 0 Å². The molecule has 19 heavy (non-hydrogen) atoms. The van der Waals surface area contributed by atoms with Gasteiger partial charge in [0.1, 0.15) is 0 Å². The Morgan fingerprint density at radius 3 is 2.68 bits per heavy atom. The fraction of sp³-hybridized carbons (Fsp3) is 0.625. The second-order valence-corrected chi connectivity index (χ2v) is 8.29. The first-order chi connectivity index (χ1) is 8.84. The first-order valence-electron chi connectivity index (χ1n) is 7.05. The van der Waals surface area contributed by atoms with E-state index in [0.29, 0.717) is 16.9 Å². The Bertz CT molecular complexity index is 509. The Morgan fingerprint density at radius 2 is 2.05 bits per heavy atom. The van der Waals surface area contributed by atoms with Gasteiger partial charge in [-0.1, -0.05) is 38.4 Å². The molecule has 2 aliphatic carbocycles. The van der Waals surface area contributed by atoms with Crippen molar-refractivity contribution in [2.24, 2.45) is 16.7 Å². The molecule has 0 spiro atoms. The van der Waals surface area contributed by atoms with Crippen molar-refractivity contribution in [2.75, 3.05) is 5.32 Å². The summed E-state index contributed by atoms with van der Waals surface area (Å²) < 4.78 is 0.985. The van der Waals surface area contributed by atoms with E-state index in [-0.39, 0.29) is 0 Å². The summed E-state index contributed by atoms with van der Waals surface area (Å²) in [6.45, 7) is 7.27. The summed E-state index contributed by atoms with van der Waals surface area (Å²) in [5.41, 5.74) is 1.91. The van der Waals surface area contributed by atoms with E-state index in [4.69, 9.17) is 11.6 Å². The lowest BCUT2D eigenvalue weighted by atomic mass is 9.68. The van der Waals surface area contributed by atoms with Crippen LogP contribution in [-0.4, -0.2) is 6.04 Å². The van der Waals surface area contributed by atoms with Gasteiger partial charge in [-0.15, -0.1) is 0 Å². The van der Waals surface area contributed by atoms with Crippen LogP contribution in [0.3, 0.4) is 0 Å². The van der Waals surface area contributed by atoms with Gasteiger partial charge in [0.15, 0.2) is 0 Å². The molecule has 2 fully saturated rings. The van der Waals surface area contributed by atoms with Crippen LogP contribution in [0.4, 0.5) is 5.69 Å². The van der Waals surface area contributed by atoms with Crippen LogP contribution in [0.5, 0.6) is 0 Å². The molecule has 1 nitrogen and oxygen atoms in total. The molecule has 0 heterocycles. The van der Waals surface area contributed by atoms with E-state index in [9.17, 15) is 0 Å². The molecule has 1 N–H and O–H groups in total. The lowest BCUT2D eigenvalue weighted by Gasteiger charge is -2.43. The zero-order valence-corrected chi connectivity index (χ0v) is 14.1. The normalized spacial score (nSPS) is 35.6. The first kappa shape index (κ1) is 13.8. The predicted octanol–water partition coefficient (Wildman–Crippen LogP) is 5.73. The molecule has 1 aromatic carbocycles. The number of rotatable bonds is 2. The molecule has 0 aromatic heterocycles. The van der Waals surface area contributed by atoms with Crippen LogP contribution < -0.4 is 5.32 Å². The highest BCUT2D eigenvalue weighted by atomic mass is 79.9. The second-order valence-electron chi connectivity index (χ2n) is 7.09. The van der Waals surface area contributed by atoms with Gasteiger partial charge in [-0.25, -0.2) is 0 Å². The van der Waals surface area contributed by atoms with E-state index in [2.05, 4.69) is 48.1 Å². The minimum atomic E-state index is 0.356. The molecule has 0 radical (unpaired) electrons.